The molecule has 0 saturated heterocycles. The summed E-state index contributed by atoms with van der Waals surface area (Å²) < 4.78 is 10.6. The lowest BCUT2D eigenvalue weighted by atomic mass is 9.77. The molecule has 2 atom stereocenters. The van der Waals surface area contributed by atoms with Gasteiger partial charge in [0.25, 0.3) is 0 Å². The van der Waals surface area contributed by atoms with Crippen molar-refractivity contribution in [3.63, 3.8) is 0 Å². The number of hydrazone groups is 1. The first-order valence-electron chi connectivity index (χ1n) is 6.99. The minimum atomic E-state index is -0.0319. The van der Waals surface area contributed by atoms with Gasteiger partial charge in [-0.15, -0.1) is 0 Å². The highest BCUT2D eigenvalue weighted by molar-refractivity contribution is 6.07. The van der Waals surface area contributed by atoms with Gasteiger partial charge in [0, 0.05) is 11.5 Å². The van der Waals surface area contributed by atoms with Gasteiger partial charge >= 0.3 is 0 Å². The summed E-state index contributed by atoms with van der Waals surface area (Å²) in [5, 5.41) is 4.28. The maximum Gasteiger partial charge on any atom is 0.244 e. The molecule has 1 aromatic carbocycles. The Bertz CT molecular complexity index is 622. The van der Waals surface area contributed by atoms with Crippen molar-refractivity contribution in [2.75, 3.05) is 14.2 Å². The molecule has 0 saturated carbocycles. The topological polar surface area (TPSA) is 59.9 Å². The van der Waals surface area contributed by atoms with Gasteiger partial charge < -0.3 is 9.47 Å². The number of benzene rings is 1. The van der Waals surface area contributed by atoms with E-state index in [0.717, 1.165) is 24.1 Å². The number of nitrogens with zero attached hydrogens (tertiary/aromatic N) is 1. The lowest BCUT2D eigenvalue weighted by Gasteiger charge is -2.32. The second-order valence-corrected chi connectivity index (χ2v) is 5.20. The highest BCUT2D eigenvalue weighted by atomic mass is 16.5. The van der Waals surface area contributed by atoms with Crippen molar-refractivity contribution in [2.45, 2.75) is 12.8 Å². The fourth-order valence-corrected chi connectivity index (χ4v) is 2.96. The van der Waals surface area contributed by atoms with Gasteiger partial charge in [-0.05, 0) is 31.0 Å². The average Bonchev–Trinajstić information content (AvgIpc) is 2.55. The van der Waals surface area contributed by atoms with Crippen LogP contribution < -0.4 is 14.9 Å². The number of allylic oxidation sites excluding steroid dienone is 2. The van der Waals surface area contributed by atoms with E-state index in [1.54, 1.807) is 14.2 Å². The van der Waals surface area contributed by atoms with Gasteiger partial charge in [0.2, 0.25) is 5.91 Å². The van der Waals surface area contributed by atoms with Gasteiger partial charge in [0.15, 0.2) is 11.5 Å². The Morgan fingerprint density at radius 2 is 1.81 bits per heavy atom. The van der Waals surface area contributed by atoms with E-state index in [-0.39, 0.29) is 17.7 Å². The van der Waals surface area contributed by atoms with Gasteiger partial charge in [-0.3, -0.25) is 4.79 Å². The largest absolute Gasteiger partial charge is 0.493 e. The van der Waals surface area contributed by atoms with Crippen LogP contribution in [0.25, 0.3) is 0 Å². The molecule has 0 radical (unpaired) electrons. The molecule has 3 rings (SSSR count). The molecule has 5 nitrogen and oxygen atoms in total. The van der Waals surface area contributed by atoms with Gasteiger partial charge in [-0.25, -0.2) is 5.43 Å². The summed E-state index contributed by atoms with van der Waals surface area (Å²) in [5.74, 6) is 1.45. The van der Waals surface area contributed by atoms with Crippen LogP contribution in [0.2, 0.25) is 0 Å². The van der Waals surface area contributed by atoms with Crippen LogP contribution in [0.1, 0.15) is 18.4 Å². The number of hydrogen-bond donors (Lipinski definition) is 1. The number of amides is 1. The number of carbonyl (C=O) groups is 1. The fraction of sp³-hybridized carbons (Fsp3) is 0.375. The summed E-state index contributed by atoms with van der Waals surface area (Å²) in [5.41, 5.74) is 4.50. The molecule has 0 aromatic heterocycles. The molecule has 21 heavy (non-hydrogen) atoms. The quantitative estimate of drug-likeness (QED) is 0.866. The van der Waals surface area contributed by atoms with Crippen molar-refractivity contribution < 1.29 is 14.3 Å². The Hall–Kier alpha value is -2.30. The van der Waals surface area contributed by atoms with E-state index >= 15 is 0 Å². The second-order valence-electron chi connectivity index (χ2n) is 5.20. The van der Waals surface area contributed by atoms with Crippen molar-refractivity contribution in [2.24, 2.45) is 16.9 Å². The van der Waals surface area contributed by atoms with Crippen LogP contribution in [-0.4, -0.2) is 25.8 Å². The molecule has 0 bridgehead atoms. The summed E-state index contributed by atoms with van der Waals surface area (Å²) in [7, 11) is 3.22. The number of fused-ring (bicyclic) bond motifs is 1. The molecule has 1 heterocycles. The average molecular weight is 286 g/mol. The number of ether oxygens (including phenoxy) is 2. The van der Waals surface area contributed by atoms with Crippen LogP contribution in [0, 0.1) is 11.8 Å². The number of methoxy groups -OCH3 is 2. The molecule has 0 unspecified atom stereocenters. The first kappa shape index (κ1) is 13.7. The third kappa shape index (κ3) is 2.39. The monoisotopic (exact) mass is 286 g/mol. The minimum absolute atomic E-state index is 0.00794. The maximum atomic E-state index is 11.9. The minimum Gasteiger partial charge on any atom is -0.493 e. The molecule has 1 amide bonds. The Kier molecular flexibility index (Phi) is 3.64. The molecule has 1 aliphatic heterocycles. The summed E-state index contributed by atoms with van der Waals surface area (Å²) in [4.78, 5) is 11.9. The number of carbonyl (C=O) groups excluding carboxylic acids is 1. The molecule has 2 aliphatic rings. The van der Waals surface area contributed by atoms with Crippen LogP contribution >= 0.6 is 0 Å². The highest BCUT2D eigenvalue weighted by Crippen LogP contribution is 2.34. The van der Waals surface area contributed by atoms with E-state index in [9.17, 15) is 4.79 Å². The number of rotatable bonds is 3. The predicted molar refractivity (Wildman–Crippen MR) is 79.6 cm³/mol. The lowest BCUT2D eigenvalue weighted by Crippen LogP contribution is -2.42. The van der Waals surface area contributed by atoms with Crippen LogP contribution in [0.5, 0.6) is 11.5 Å². The molecular weight excluding hydrogens is 268 g/mol. The SMILES string of the molecule is COc1ccc(C2=NNC(=O)[C@H]3CC=CC[C@@H]23)cc1OC. The standard InChI is InChI=1S/C16H18N2O3/c1-20-13-8-7-10(9-14(13)21-2)15-11-5-3-4-6-12(11)16(19)18-17-15/h3-4,7-9,11-12H,5-6H2,1-2H3,(H,18,19)/t11-,12+/m1/s1. The van der Waals surface area contributed by atoms with E-state index in [2.05, 4.69) is 22.7 Å². The van der Waals surface area contributed by atoms with Crippen molar-refractivity contribution in [1.29, 1.82) is 0 Å². The Morgan fingerprint density at radius 3 is 2.52 bits per heavy atom. The Morgan fingerprint density at radius 1 is 1.10 bits per heavy atom. The van der Waals surface area contributed by atoms with Crippen LogP contribution in [0.3, 0.4) is 0 Å². The van der Waals surface area contributed by atoms with Crippen LogP contribution in [-0.2, 0) is 4.79 Å². The van der Waals surface area contributed by atoms with Crippen LogP contribution in [0.15, 0.2) is 35.5 Å². The van der Waals surface area contributed by atoms with E-state index in [1.807, 2.05) is 18.2 Å². The highest BCUT2D eigenvalue weighted by Gasteiger charge is 2.36. The molecule has 5 heteroatoms. The third-order valence-electron chi connectivity index (χ3n) is 4.09. The van der Waals surface area contributed by atoms with Crippen molar-refractivity contribution in [3.05, 3.63) is 35.9 Å². The summed E-state index contributed by atoms with van der Waals surface area (Å²) in [6, 6.07) is 5.72. The predicted octanol–water partition coefficient (Wildman–Crippen LogP) is 2.12. The summed E-state index contributed by atoms with van der Waals surface area (Å²) >= 11 is 0. The zero-order chi connectivity index (χ0) is 14.8. The molecule has 1 aromatic rings. The zero-order valence-electron chi connectivity index (χ0n) is 12.1. The second kappa shape index (κ2) is 5.60. The normalized spacial score (nSPS) is 23.9. The van der Waals surface area contributed by atoms with E-state index in [0.29, 0.717) is 11.5 Å². The van der Waals surface area contributed by atoms with Gasteiger partial charge in [-0.1, -0.05) is 12.2 Å². The maximum absolute atomic E-state index is 11.9. The van der Waals surface area contributed by atoms with Gasteiger partial charge in [-0.2, -0.15) is 5.10 Å². The van der Waals surface area contributed by atoms with Gasteiger partial charge in [0.05, 0.1) is 25.8 Å². The van der Waals surface area contributed by atoms with Crippen molar-refractivity contribution in [3.8, 4) is 11.5 Å². The molecule has 1 aliphatic carbocycles. The zero-order valence-corrected chi connectivity index (χ0v) is 12.1. The first-order chi connectivity index (χ1) is 10.2. The van der Waals surface area contributed by atoms with E-state index in [1.165, 1.54) is 0 Å². The van der Waals surface area contributed by atoms with Crippen molar-refractivity contribution >= 4 is 11.6 Å². The molecule has 1 N–H and O–H groups in total. The smallest absolute Gasteiger partial charge is 0.244 e. The fourth-order valence-electron chi connectivity index (χ4n) is 2.96. The Balaban J connectivity index is 1.99. The molecule has 0 fully saturated rings. The number of nitrogens with one attached hydrogen (secondary N) is 1. The number of hydrogen-bond acceptors (Lipinski definition) is 4. The van der Waals surface area contributed by atoms with Crippen LogP contribution in [0.4, 0.5) is 0 Å². The lowest BCUT2D eigenvalue weighted by molar-refractivity contribution is -0.126. The van der Waals surface area contributed by atoms with Crippen molar-refractivity contribution in [1.82, 2.24) is 5.43 Å². The third-order valence-corrected chi connectivity index (χ3v) is 4.09. The molecule has 110 valence electrons. The molecular formula is C16H18N2O3. The van der Waals surface area contributed by atoms with E-state index < -0.39 is 0 Å². The summed E-state index contributed by atoms with van der Waals surface area (Å²) in [6.07, 6.45) is 5.79. The Labute approximate surface area is 123 Å². The van der Waals surface area contributed by atoms with E-state index in [4.69, 9.17) is 9.47 Å². The summed E-state index contributed by atoms with van der Waals surface area (Å²) in [6.45, 7) is 0. The first-order valence-corrected chi connectivity index (χ1v) is 6.99. The van der Waals surface area contributed by atoms with Gasteiger partial charge in [0.1, 0.15) is 0 Å². The molecule has 0 spiro atoms.